The van der Waals surface area contributed by atoms with Gasteiger partial charge in [0.15, 0.2) is 5.78 Å². The van der Waals surface area contributed by atoms with Crippen molar-refractivity contribution in [3.63, 3.8) is 0 Å². The van der Waals surface area contributed by atoms with Gasteiger partial charge in [0.25, 0.3) is 0 Å². The van der Waals surface area contributed by atoms with E-state index in [1.54, 1.807) is 12.1 Å². The van der Waals surface area contributed by atoms with Crippen LogP contribution in [0.1, 0.15) is 28.8 Å². The van der Waals surface area contributed by atoms with Crippen molar-refractivity contribution in [1.29, 1.82) is 0 Å². The van der Waals surface area contributed by atoms with Crippen LogP contribution >= 0.6 is 15.9 Å². The summed E-state index contributed by atoms with van der Waals surface area (Å²) in [6.07, 6.45) is 0.391. The summed E-state index contributed by atoms with van der Waals surface area (Å²) in [7, 11) is 0. The summed E-state index contributed by atoms with van der Waals surface area (Å²) in [4.78, 5) is 23.8. The molecule has 0 saturated heterocycles. The second-order valence-electron chi connectivity index (χ2n) is 4.85. The number of amides is 1. The summed E-state index contributed by atoms with van der Waals surface area (Å²) in [5, 5.41) is 2.78. The van der Waals surface area contributed by atoms with Crippen LogP contribution in [0.15, 0.2) is 53.0 Å². The zero-order valence-corrected chi connectivity index (χ0v) is 13.3. The molecule has 4 heteroatoms. The highest BCUT2D eigenvalue weighted by atomic mass is 79.9. The van der Waals surface area contributed by atoms with Crippen LogP contribution in [0.4, 0.5) is 5.69 Å². The number of rotatable bonds is 5. The van der Waals surface area contributed by atoms with Crippen molar-refractivity contribution < 1.29 is 9.59 Å². The van der Waals surface area contributed by atoms with E-state index in [-0.39, 0.29) is 24.5 Å². The highest BCUT2D eigenvalue weighted by Crippen LogP contribution is 2.16. The number of hydrogen-bond donors (Lipinski definition) is 1. The summed E-state index contributed by atoms with van der Waals surface area (Å²) < 4.78 is 0.899. The Morgan fingerprint density at radius 1 is 1.05 bits per heavy atom. The van der Waals surface area contributed by atoms with Gasteiger partial charge in [-0.3, -0.25) is 9.59 Å². The Morgan fingerprint density at radius 2 is 1.76 bits per heavy atom. The number of carbonyl (C=O) groups excluding carboxylic acids is 2. The topological polar surface area (TPSA) is 46.2 Å². The number of hydrogen-bond acceptors (Lipinski definition) is 2. The van der Waals surface area contributed by atoms with E-state index in [1.165, 1.54) is 0 Å². The first-order valence-corrected chi connectivity index (χ1v) is 7.49. The average Bonchev–Trinajstić information content (AvgIpc) is 2.45. The Hall–Kier alpha value is -1.94. The molecule has 0 fully saturated rings. The molecule has 0 unspecified atom stereocenters. The monoisotopic (exact) mass is 345 g/mol. The average molecular weight is 346 g/mol. The minimum Gasteiger partial charge on any atom is -0.326 e. The molecule has 108 valence electrons. The van der Waals surface area contributed by atoms with Crippen molar-refractivity contribution in [3.05, 3.63) is 64.1 Å². The first-order chi connectivity index (χ1) is 10.0. The summed E-state index contributed by atoms with van der Waals surface area (Å²) in [5.41, 5.74) is 2.48. The van der Waals surface area contributed by atoms with Gasteiger partial charge in [-0.25, -0.2) is 0 Å². The Balaban J connectivity index is 1.86. The maximum absolute atomic E-state index is 12.0. The third-order valence-electron chi connectivity index (χ3n) is 3.06. The van der Waals surface area contributed by atoms with Crippen molar-refractivity contribution in [2.45, 2.75) is 19.8 Å². The molecule has 0 bridgehead atoms. The van der Waals surface area contributed by atoms with E-state index in [2.05, 4.69) is 21.2 Å². The van der Waals surface area contributed by atoms with E-state index in [1.807, 2.05) is 43.3 Å². The lowest BCUT2D eigenvalue weighted by molar-refractivity contribution is -0.116. The normalized spacial score (nSPS) is 10.2. The smallest absolute Gasteiger partial charge is 0.224 e. The van der Waals surface area contributed by atoms with Gasteiger partial charge in [-0.05, 0) is 25.1 Å². The third kappa shape index (κ3) is 4.83. The molecule has 2 aromatic rings. The molecule has 21 heavy (non-hydrogen) atoms. The van der Waals surface area contributed by atoms with Crippen molar-refractivity contribution >= 4 is 33.3 Å². The number of benzene rings is 2. The molecule has 0 radical (unpaired) electrons. The molecule has 0 aliphatic heterocycles. The fourth-order valence-electron chi connectivity index (χ4n) is 1.90. The van der Waals surface area contributed by atoms with Crippen molar-refractivity contribution in [1.82, 2.24) is 0 Å². The summed E-state index contributed by atoms with van der Waals surface area (Å²) in [6.45, 7) is 1.97. The predicted molar refractivity (Wildman–Crippen MR) is 87.5 cm³/mol. The molecule has 0 heterocycles. The molecule has 0 aromatic heterocycles. The van der Waals surface area contributed by atoms with Gasteiger partial charge in [0.2, 0.25) is 5.91 Å². The Kier molecular flexibility index (Phi) is 5.28. The molecule has 0 atom stereocenters. The molecular weight excluding hydrogens is 330 g/mol. The van der Waals surface area contributed by atoms with Crippen LogP contribution in [0.3, 0.4) is 0 Å². The Bertz CT molecular complexity index is 650. The number of halogens is 1. The molecule has 1 N–H and O–H groups in total. The van der Waals surface area contributed by atoms with E-state index in [0.29, 0.717) is 5.56 Å². The van der Waals surface area contributed by atoms with Gasteiger partial charge in [-0.2, -0.15) is 0 Å². The van der Waals surface area contributed by atoms with Crippen LogP contribution in [0.5, 0.6) is 0 Å². The van der Waals surface area contributed by atoms with E-state index < -0.39 is 0 Å². The number of ketones is 1. The molecular formula is C17H16BrNO2. The minimum absolute atomic E-state index is 0.0145. The lowest BCUT2D eigenvalue weighted by Crippen LogP contribution is -2.13. The predicted octanol–water partition coefficient (Wildman–Crippen LogP) is 4.36. The highest BCUT2D eigenvalue weighted by molar-refractivity contribution is 9.10. The van der Waals surface area contributed by atoms with Crippen molar-refractivity contribution in [2.75, 3.05) is 5.32 Å². The first kappa shape index (κ1) is 15.4. The van der Waals surface area contributed by atoms with Crippen LogP contribution in [-0.4, -0.2) is 11.7 Å². The van der Waals surface area contributed by atoms with Gasteiger partial charge in [0.05, 0.1) is 0 Å². The van der Waals surface area contributed by atoms with Crippen LogP contribution < -0.4 is 5.32 Å². The number of aryl methyl sites for hydroxylation is 1. The van der Waals surface area contributed by atoms with E-state index in [0.717, 1.165) is 15.7 Å². The maximum atomic E-state index is 12.0. The molecule has 2 rings (SSSR count). The number of nitrogens with one attached hydrogen (secondary N) is 1. The fourth-order valence-corrected chi connectivity index (χ4v) is 2.30. The standard InChI is InChI=1S/C17H16BrNO2/c1-12-5-7-13(8-6-12)16(20)9-10-17(21)19-15-4-2-3-14(18)11-15/h2-8,11H,9-10H2,1H3,(H,19,21). The molecule has 1 amide bonds. The lowest BCUT2D eigenvalue weighted by atomic mass is 10.0. The summed E-state index contributed by atoms with van der Waals surface area (Å²) in [6, 6.07) is 14.7. The van der Waals surface area contributed by atoms with Gasteiger partial charge in [-0.15, -0.1) is 0 Å². The third-order valence-corrected chi connectivity index (χ3v) is 3.55. The Morgan fingerprint density at radius 3 is 2.43 bits per heavy atom. The zero-order valence-electron chi connectivity index (χ0n) is 11.7. The molecule has 0 aliphatic carbocycles. The second kappa shape index (κ2) is 7.18. The molecule has 0 saturated carbocycles. The number of carbonyl (C=O) groups is 2. The molecule has 0 aliphatic rings. The van der Waals surface area contributed by atoms with Crippen molar-refractivity contribution in [3.8, 4) is 0 Å². The number of anilines is 1. The highest BCUT2D eigenvalue weighted by Gasteiger charge is 2.09. The van der Waals surface area contributed by atoms with Gasteiger partial charge in [-0.1, -0.05) is 51.8 Å². The second-order valence-corrected chi connectivity index (χ2v) is 5.76. The van der Waals surface area contributed by atoms with Crippen LogP contribution in [0.2, 0.25) is 0 Å². The summed E-state index contributed by atoms with van der Waals surface area (Å²) >= 11 is 3.35. The quantitative estimate of drug-likeness (QED) is 0.818. The zero-order chi connectivity index (χ0) is 15.2. The maximum Gasteiger partial charge on any atom is 0.224 e. The van der Waals surface area contributed by atoms with E-state index in [9.17, 15) is 9.59 Å². The van der Waals surface area contributed by atoms with Gasteiger partial charge < -0.3 is 5.32 Å². The van der Waals surface area contributed by atoms with Crippen LogP contribution in [0, 0.1) is 6.92 Å². The first-order valence-electron chi connectivity index (χ1n) is 6.70. The van der Waals surface area contributed by atoms with Crippen LogP contribution in [0.25, 0.3) is 0 Å². The minimum atomic E-state index is -0.159. The fraction of sp³-hybridized carbons (Fsp3) is 0.176. The van der Waals surface area contributed by atoms with E-state index >= 15 is 0 Å². The van der Waals surface area contributed by atoms with Gasteiger partial charge in [0.1, 0.15) is 0 Å². The largest absolute Gasteiger partial charge is 0.326 e. The number of Topliss-reactive ketones (excluding diaryl/α,β-unsaturated/α-hetero) is 1. The molecule has 3 nitrogen and oxygen atoms in total. The molecule has 2 aromatic carbocycles. The van der Waals surface area contributed by atoms with Crippen LogP contribution in [-0.2, 0) is 4.79 Å². The van der Waals surface area contributed by atoms with E-state index in [4.69, 9.17) is 0 Å². The van der Waals surface area contributed by atoms with Crippen molar-refractivity contribution in [2.24, 2.45) is 0 Å². The molecule has 0 spiro atoms. The van der Waals surface area contributed by atoms with Gasteiger partial charge in [0, 0.05) is 28.6 Å². The lowest BCUT2D eigenvalue weighted by Gasteiger charge is -2.05. The SMILES string of the molecule is Cc1ccc(C(=O)CCC(=O)Nc2cccc(Br)c2)cc1. The van der Waals surface area contributed by atoms with Gasteiger partial charge >= 0.3 is 0 Å². The summed E-state index contributed by atoms with van der Waals surface area (Å²) in [5.74, 6) is -0.173. The Labute approximate surface area is 132 Å².